The van der Waals surface area contributed by atoms with Crippen molar-refractivity contribution in [3.05, 3.63) is 39.5 Å². The quantitative estimate of drug-likeness (QED) is 0.882. The van der Waals surface area contributed by atoms with Crippen molar-refractivity contribution < 1.29 is 4.79 Å². The van der Waals surface area contributed by atoms with Crippen LogP contribution in [0, 0.1) is 13.8 Å². The third kappa shape index (κ3) is 4.18. The molecule has 0 bridgehead atoms. The minimum atomic E-state index is -0.0572. The first-order chi connectivity index (χ1) is 12.1. The number of aryl methyl sites for hydroxylation is 2. The molecule has 2 heterocycles. The minimum Gasteiger partial charge on any atom is -0.356 e. The first kappa shape index (κ1) is 17.9. The van der Waals surface area contributed by atoms with Gasteiger partial charge >= 0.3 is 0 Å². The molecule has 1 saturated carbocycles. The number of amides is 1. The average molecular weight is 359 g/mol. The molecule has 1 fully saturated rings. The monoisotopic (exact) mass is 358 g/mol. The number of anilines is 1. The molecule has 0 radical (unpaired) electrons. The van der Waals surface area contributed by atoms with Crippen LogP contribution in [0.25, 0.3) is 0 Å². The van der Waals surface area contributed by atoms with Crippen LogP contribution in [0.4, 0.5) is 5.82 Å². The van der Waals surface area contributed by atoms with E-state index >= 15 is 0 Å². The Hall–Kier alpha value is -1.95. The van der Waals surface area contributed by atoms with E-state index in [-0.39, 0.29) is 5.91 Å². The van der Waals surface area contributed by atoms with E-state index in [1.165, 1.54) is 43.4 Å². The van der Waals surface area contributed by atoms with Crippen LogP contribution in [0.15, 0.2) is 18.3 Å². The topological polar surface area (TPSA) is 58.1 Å². The third-order valence-electron chi connectivity index (χ3n) is 4.87. The smallest absolute Gasteiger partial charge is 0.263 e. The summed E-state index contributed by atoms with van der Waals surface area (Å²) in [6.45, 7) is 4.28. The zero-order chi connectivity index (χ0) is 17.8. The van der Waals surface area contributed by atoms with Gasteiger partial charge in [-0.25, -0.2) is 9.97 Å². The van der Waals surface area contributed by atoms with Gasteiger partial charge in [-0.2, -0.15) is 0 Å². The molecule has 1 aliphatic carbocycles. The number of pyridine rings is 1. The molecule has 3 rings (SSSR count). The molecule has 0 aromatic carbocycles. The molecular weight excluding hydrogens is 332 g/mol. The summed E-state index contributed by atoms with van der Waals surface area (Å²) in [7, 11) is 2.13. The predicted molar refractivity (Wildman–Crippen MR) is 102 cm³/mol. The zero-order valence-corrected chi connectivity index (χ0v) is 16.0. The molecule has 0 atom stereocenters. The number of carbonyl (C=O) groups is 1. The molecule has 1 N–H and O–H groups in total. The van der Waals surface area contributed by atoms with Gasteiger partial charge in [0, 0.05) is 31.4 Å². The van der Waals surface area contributed by atoms with Gasteiger partial charge in [-0.05, 0) is 32.8 Å². The zero-order valence-electron chi connectivity index (χ0n) is 15.2. The summed E-state index contributed by atoms with van der Waals surface area (Å²) in [5.74, 6) is 0.921. The Kier molecular flexibility index (Phi) is 5.68. The fourth-order valence-corrected chi connectivity index (χ4v) is 4.36. The number of hydrogen-bond donors (Lipinski definition) is 1. The normalized spacial score (nSPS) is 15.2. The van der Waals surface area contributed by atoms with Gasteiger partial charge in [0.2, 0.25) is 0 Å². The van der Waals surface area contributed by atoms with Gasteiger partial charge in [-0.3, -0.25) is 4.79 Å². The van der Waals surface area contributed by atoms with E-state index in [1.807, 2.05) is 32.2 Å². The van der Waals surface area contributed by atoms with Gasteiger partial charge < -0.3 is 10.2 Å². The highest BCUT2D eigenvalue weighted by Crippen LogP contribution is 2.27. The number of aromatic nitrogens is 2. The van der Waals surface area contributed by atoms with E-state index in [9.17, 15) is 4.79 Å². The van der Waals surface area contributed by atoms with Gasteiger partial charge in [0.25, 0.3) is 5.91 Å². The van der Waals surface area contributed by atoms with E-state index in [1.54, 1.807) is 0 Å². The van der Waals surface area contributed by atoms with Crippen LogP contribution >= 0.6 is 11.3 Å². The van der Waals surface area contributed by atoms with Crippen molar-refractivity contribution in [1.29, 1.82) is 0 Å². The van der Waals surface area contributed by atoms with E-state index in [0.29, 0.717) is 17.5 Å². The molecule has 0 aliphatic heterocycles. The lowest BCUT2D eigenvalue weighted by Gasteiger charge is -2.33. The second kappa shape index (κ2) is 7.95. The van der Waals surface area contributed by atoms with Crippen LogP contribution in [0.1, 0.15) is 58.0 Å². The fraction of sp³-hybridized carbons (Fsp3) is 0.526. The van der Waals surface area contributed by atoms with Gasteiger partial charge in [0.1, 0.15) is 10.7 Å². The van der Waals surface area contributed by atoms with Gasteiger partial charge in [-0.1, -0.05) is 25.3 Å². The second-order valence-electron chi connectivity index (χ2n) is 6.72. The maximum absolute atomic E-state index is 12.5. The minimum absolute atomic E-state index is 0.0572. The standard InChI is InChI=1S/C19H26N4OS/c1-13-17(25-14(2)22-13)19(24)21-12-15-8-7-11-20-18(15)23(3)16-9-5-4-6-10-16/h7-8,11,16H,4-6,9-10,12H2,1-3H3,(H,21,24). The van der Waals surface area contributed by atoms with Crippen LogP contribution in [-0.2, 0) is 6.54 Å². The number of nitrogens with one attached hydrogen (secondary N) is 1. The van der Waals surface area contributed by atoms with E-state index < -0.39 is 0 Å². The Morgan fingerprint density at radius 3 is 2.76 bits per heavy atom. The van der Waals surface area contributed by atoms with Crippen molar-refractivity contribution in [2.75, 3.05) is 11.9 Å². The highest BCUT2D eigenvalue weighted by Gasteiger charge is 2.21. The first-order valence-electron chi connectivity index (χ1n) is 8.95. The van der Waals surface area contributed by atoms with Crippen LogP contribution < -0.4 is 10.2 Å². The first-order valence-corrected chi connectivity index (χ1v) is 9.77. The Balaban J connectivity index is 1.70. The number of hydrogen-bond acceptors (Lipinski definition) is 5. The average Bonchev–Trinajstić information content (AvgIpc) is 2.98. The summed E-state index contributed by atoms with van der Waals surface area (Å²) < 4.78 is 0. The maximum Gasteiger partial charge on any atom is 0.263 e. The second-order valence-corrected chi connectivity index (χ2v) is 7.92. The van der Waals surface area contributed by atoms with Crippen LogP contribution in [0.2, 0.25) is 0 Å². The molecular formula is C19H26N4OS. The lowest BCUT2D eigenvalue weighted by atomic mass is 9.94. The number of nitrogens with zero attached hydrogens (tertiary/aromatic N) is 3. The van der Waals surface area contributed by atoms with E-state index in [0.717, 1.165) is 22.1 Å². The van der Waals surface area contributed by atoms with Gasteiger partial charge in [0.15, 0.2) is 0 Å². The summed E-state index contributed by atoms with van der Waals surface area (Å²) in [6, 6.07) is 4.53. The van der Waals surface area contributed by atoms with E-state index in [4.69, 9.17) is 0 Å². The number of rotatable bonds is 5. The summed E-state index contributed by atoms with van der Waals surface area (Å²) in [5, 5.41) is 3.95. The van der Waals surface area contributed by atoms with Gasteiger partial charge in [-0.15, -0.1) is 11.3 Å². The maximum atomic E-state index is 12.5. The SMILES string of the molecule is Cc1nc(C)c(C(=O)NCc2cccnc2N(C)C2CCCCC2)s1. The van der Waals surface area contributed by atoms with Crippen LogP contribution in [0.3, 0.4) is 0 Å². The molecule has 2 aromatic heterocycles. The lowest BCUT2D eigenvalue weighted by Crippen LogP contribution is -2.35. The molecule has 134 valence electrons. The molecule has 0 spiro atoms. The molecule has 6 heteroatoms. The number of carbonyl (C=O) groups excluding carboxylic acids is 1. The van der Waals surface area contributed by atoms with Crippen molar-refractivity contribution >= 4 is 23.1 Å². The van der Waals surface area contributed by atoms with Gasteiger partial charge in [0.05, 0.1) is 10.7 Å². The highest BCUT2D eigenvalue weighted by molar-refractivity contribution is 7.13. The molecule has 2 aromatic rings. The fourth-order valence-electron chi connectivity index (χ4n) is 3.52. The molecule has 1 amide bonds. The van der Waals surface area contributed by atoms with Crippen molar-refractivity contribution in [2.45, 2.75) is 58.5 Å². The van der Waals surface area contributed by atoms with Crippen molar-refractivity contribution in [3.8, 4) is 0 Å². The summed E-state index contributed by atoms with van der Waals surface area (Å²) in [5.41, 5.74) is 1.86. The molecule has 1 aliphatic rings. The summed E-state index contributed by atoms with van der Waals surface area (Å²) >= 11 is 1.44. The summed E-state index contributed by atoms with van der Waals surface area (Å²) in [6.07, 6.45) is 8.19. The molecule has 0 saturated heterocycles. The van der Waals surface area contributed by atoms with Crippen LogP contribution in [-0.4, -0.2) is 29.0 Å². The Labute approximate surface area is 153 Å². The molecule has 5 nitrogen and oxygen atoms in total. The number of thiazole rings is 1. The molecule has 25 heavy (non-hydrogen) atoms. The summed E-state index contributed by atoms with van der Waals surface area (Å²) in [4.78, 5) is 24.4. The Bertz CT molecular complexity index is 737. The van der Waals surface area contributed by atoms with Crippen molar-refractivity contribution in [1.82, 2.24) is 15.3 Å². The molecule has 0 unspecified atom stereocenters. The highest BCUT2D eigenvalue weighted by atomic mass is 32.1. The predicted octanol–water partition coefficient (Wildman–Crippen LogP) is 3.85. The lowest BCUT2D eigenvalue weighted by molar-refractivity contribution is 0.0954. The van der Waals surface area contributed by atoms with Crippen LogP contribution in [0.5, 0.6) is 0 Å². The Morgan fingerprint density at radius 2 is 2.08 bits per heavy atom. The van der Waals surface area contributed by atoms with E-state index in [2.05, 4.69) is 27.2 Å². The Morgan fingerprint density at radius 1 is 1.32 bits per heavy atom. The largest absolute Gasteiger partial charge is 0.356 e. The third-order valence-corrected chi connectivity index (χ3v) is 5.94. The van der Waals surface area contributed by atoms with Crippen molar-refractivity contribution in [3.63, 3.8) is 0 Å². The van der Waals surface area contributed by atoms with Crippen molar-refractivity contribution in [2.24, 2.45) is 0 Å².